The van der Waals surface area contributed by atoms with Crippen LogP contribution >= 0.6 is 0 Å². The lowest BCUT2D eigenvalue weighted by atomic mass is 9.70. The van der Waals surface area contributed by atoms with Gasteiger partial charge in [-0.3, -0.25) is 9.36 Å². The zero-order valence-electron chi connectivity index (χ0n) is 19.0. The van der Waals surface area contributed by atoms with Crippen LogP contribution in [0.1, 0.15) is 56.1 Å². The summed E-state index contributed by atoms with van der Waals surface area (Å²) in [6, 6.07) is 12.3. The van der Waals surface area contributed by atoms with Gasteiger partial charge in [-0.05, 0) is 59.9 Å². The molecule has 1 heterocycles. The number of amides is 1. The Bertz CT molecular complexity index is 1150. The van der Waals surface area contributed by atoms with Crippen molar-refractivity contribution in [2.45, 2.75) is 52.3 Å². The third kappa shape index (κ3) is 5.13. The molecule has 2 aromatic carbocycles. The van der Waals surface area contributed by atoms with Gasteiger partial charge in [-0.1, -0.05) is 51.1 Å². The van der Waals surface area contributed by atoms with Crippen LogP contribution in [0.4, 0.5) is 13.2 Å². The first-order valence-electron chi connectivity index (χ1n) is 11.1. The lowest BCUT2D eigenvalue weighted by Crippen LogP contribution is -2.43. The first kappa shape index (κ1) is 23.1. The molecule has 7 heteroatoms. The summed E-state index contributed by atoms with van der Waals surface area (Å²) in [5.41, 5.74) is 0.909. The number of benzene rings is 2. The third-order valence-corrected chi connectivity index (χ3v) is 6.26. The number of hydrogen-bond donors (Lipinski definition) is 1. The van der Waals surface area contributed by atoms with Crippen LogP contribution in [0.2, 0.25) is 0 Å². The number of imidazole rings is 1. The van der Waals surface area contributed by atoms with Gasteiger partial charge in [0.25, 0.3) is 5.91 Å². The maximum absolute atomic E-state index is 13.5. The van der Waals surface area contributed by atoms with Crippen molar-refractivity contribution in [3.8, 4) is 16.8 Å². The average molecular weight is 456 g/mol. The molecule has 0 bridgehead atoms. The monoisotopic (exact) mass is 455 g/mol. The molecule has 0 radical (unpaired) electrons. The van der Waals surface area contributed by atoms with Crippen LogP contribution < -0.4 is 5.32 Å². The van der Waals surface area contributed by atoms with Gasteiger partial charge in [-0.25, -0.2) is 4.98 Å². The Morgan fingerprint density at radius 2 is 1.88 bits per heavy atom. The molecule has 1 aliphatic rings. The Labute approximate surface area is 191 Å². The quantitative estimate of drug-likeness (QED) is 0.488. The highest BCUT2D eigenvalue weighted by atomic mass is 19.4. The first-order valence-corrected chi connectivity index (χ1v) is 11.1. The summed E-state index contributed by atoms with van der Waals surface area (Å²) in [6.45, 7) is 6.64. The second-order valence-electron chi connectivity index (χ2n) is 9.83. The highest BCUT2D eigenvalue weighted by Gasteiger charge is 2.34. The third-order valence-electron chi connectivity index (χ3n) is 6.26. The van der Waals surface area contributed by atoms with Crippen LogP contribution in [0.25, 0.3) is 16.8 Å². The van der Waals surface area contributed by atoms with Crippen molar-refractivity contribution < 1.29 is 18.0 Å². The molecule has 0 saturated heterocycles. The van der Waals surface area contributed by atoms with E-state index in [0.29, 0.717) is 22.9 Å². The smallest absolute Gasteiger partial charge is 0.348 e. The number of hydrogen-bond acceptors (Lipinski definition) is 2. The van der Waals surface area contributed by atoms with Crippen LogP contribution in [-0.2, 0) is 6.18 Å². The van der Waals surface area contributed by atoms with Crippen molar-refractivity contribution in [2.24, 2.45) is 11.3 Å². The van der Waals surface area contributed by atoms with Crippen LogP contribution in [-0.4, -0.2) is 21.5 Å². The Balaban J connectivity index is 1.62. The predicted molar refractivity (Wildman–Crippen MR) is 122 cm³/mol. The minimum absolute atomic E-state index is 0.0737. The molecule has 1 N–H and O–H groups in total. The van der Waals surface area contributed by atoms with Crippen molar-refractivity contribution in [1.29, 1.82) is 0 Å². The van der Waals surface area contributed by atoms with Crippen LogP contribution in [0, 0.1) is 11.3 Å². The fourth-order valence-corrected chi connectivity index (χ4v) is 5.19. The van der Waals surface area contributed by atoms with Gasteiger partial charge in [0.05, 0.1) is 18.1 Å². The molecule has 1 amide bonds. The summed E-state index contributed by atoms with van der Waals surface area (Å²) < 4.78 is 42.2. The molecule has 1 aromatic heterocycles. The standard InChI is InChI=1S/C26H28F3N3O/c1-17-11-19(14-25(2,3)13-17)31-24(33)23-15-30-16-32(23)20-8-6-7-18(12-20)21-9-4-5-10-22(21)26(27,28)29/h4-10,12,15-17,19H,11,13-14H2,1-3H3,(H,31,33)/t17-,19-/m1/s1. The highest BCUT2D eigenvalue weighted by Crippen LogP contribution is 2.39. The van der Waals surface area contributed by atoms with E-state index >= 15 is 0 Å². The average Bonchev–Trinajstić information content (AvgIpc) is 3.22. The Morgan fingerprint density at radius 1 is 1.12 bits per heavy atom. The molecule has 4 nitrogen and oxygen atoms in total. The molecule has 1 aliphatic carbocycles. The molecule has 2 atom stereocenters. The largest absolute Gasteiger partial charge is 0.417 e. The number of carbonyl (C=O) groups is 1. The van der Waals surface area contributed by atoms with Gasteiger partial charge in [0.1, 0.15) is 5.69 Å². The number of halogens is 3. The molecule has 1 fully saturated rings. The van der Waals surface area contributed by atoms with E-state index in [1.54, 1.807) is 34.9 Å². The zero-order chi connectivity index (χ0) is 23.8. The maximum Gasteiger partial charge on any atom is 0.417 e. The number of carbonyl (C=O) groups excluding carboxylic acids is 1. The Kier molecular flexibility index (Phi) is 6.08. The van der Waals surface area contributed by atoms with Crippen LogP contribution in [0.5, 0.6) is 0 Å². The van der Waals surface area contributed by atoms with Crippen molar-refractivity contribution in [1.82, 2.24) is 14.9 Å². The van der Waals surface area contributed by atoms with E-state index in [1.165, 1.54) is 24.7 Å². The second-order valence-corrected chi connectivity index (χ2v) is 9.83. The molecular formula is C26H28F3N3O. The summed E-state index contributed by atoms with van der Waals surface area (Å²) in [4.78, 5) is 17.2. The molecule has 1 saturated carbocycles. The van der Waals surface area contributed by atoms with Gasteiger partial charge in [-0.15, -0.1) is 0 Å². The van der Waals surface area contributed by atoms with Gasteiger partial charge < -0.3 is 5.32 Å². The molecule has 174 valence electrons. The van der Waals surface area contributed by atoms with E-state index in [0.717, 1.165) is 25.3 Å². The fraction of sp³-hybridized carbons (Fsp3) is 0.385. The first-order chi connectivity index (χ1) is 15.5. The van der Waals surface area contributed by atoms with Gasteiger partial charge in [0.2, 0.25) is 0 Å². The summed E-state index contributed by atoms with van der Waals surface area (Å²) in [6.07, 6.45) is 1.50. The van der Waals surface area contributed by atoms with Crippen molar-refractivity contribution >= 4 is 5.91 Å². The number of aromatic nitrogens is 2. The predicted octanol–water partition coefficient (Wildman–Crippen LogP) is 6.50. The van der Waals surface area contributed by atoms with Crippen molar-refractivity contribution in [3.05, 3.63) is 72.3 Å². The van der Waals surface area contributed by atoms with E-state index < -0.39 is 11.7 Å². The van der Waals surface area contributed by atoms with Gasteiger partial charge in [-0.2, -0.15) is 13.2 Å². The summed E-state index contributed by atoms with van der Waals surface area (Å²) >= 11 is 0. The number of nitrogens with one attached hydrogen (secondary N) is 1. The maximum atomic E-state index is 13.5. The topological polar surface area (TPSA) is 46.9 Å². The van der Waals surface area contributed by atoms with Crippen LogP contribution in [0.3, 0.4) is 0 Å². The number of alkyl halides is 3. The molecule has 3 aromatic rings. The van der Waals surface area contributed by atoms with Gasteiger partial charge >= 0.3 is 6.18 Å². The number of rotatable bonds is 4. The molecular weight excluding hydrogens is 427 g/mol. The summed E-state index contributed by atoms with van der Waals surface area (Å²) in [7, 11) is 0. The lowest BCUT2D eigenvalue weighted by Gasteiger charge is -2.39. The highest BCUT2D eigenvalue weighted by molar-refractivity contribution is 5.93. The normalized spacial score (nSPS) is 20.4. The van der Waals surface area contributed by atoms with E-state index in [2.05, 4.69) is 31.1 Å². The molecule has 4 rings (SSSR count). The minimum Gasteiger partial charge on any atom is -0.348 e. The number of nitrogens with zero attached hydrogens (tertiary/aromatic N) is 2. The van der Waals surface area contributed by atoms with Gasteiger partial charge in [0.15, 0.2) is 0 Å². The van der Waals surface area contributed by atoms with Crippen LogP contribution in [0.15, 0.2) is 61.1 Å². The van der Waals surface area contributed by atoms with E-state index in [1.807, 2.05) is 0 Å². The van der Waals surface area contributed by atoms with E-state index in [9.17, 15) is 18.0 Å². The van der Waals surface area contributed by atoms with Crippen molar-refractivity contribution in [3.63, 3.8) is 0 Å². The lowest BCUT2D eigenvalue weighted by molar-refractivity contribution is -0.137. The zero-order valence-corrected chi connectivity index (χ0v) is 19.0. The fourth-order valence-electron chi connectivity index (χ4n) is 5.19. The minimum atomic E-state index is -4.46. The second kappa shape index (κ2) is 8.69. The summed E-state index contributed by atoms with van der Waals surface area (Å²) in [5, 5.41) is 3.14. The molecule has 33 heavy (non-hydrogen) atoms. The molecule has 0 unspecified atom stereocenters. The molecule has 0 aliphatic heterocycles. The van der Waals surface area contributed by atoms with Gasteiger partial charge in [0, 0.05) is 11.7 Å². The van der Waals surface area contributed by atoms with E-state index in [-0.39, 0.29) is 22.9 Å². The Morgan fingerprint density at radius 3 is 2.61 bits per heavy atom. The summed E-state index contributed by atoms with van der Waals surface area (Å²) in [5.74, 6) is 0.290. The van der Waals surface area contributed by atoms with E-state index in [4.69, 9.17) is 0 Å². The Hall–Kier alpha value is -3.09. The SMILES string of the molecule is C[C@@H]1C[C@@H](NC(=O)c2cncn2-c2cccc(-c3ccccc3C(F)(F)F)c2)CC(C)(C)C1. The van der Waals surface area contributed by atoms with Crippen molar-refractivity contribution in [2.75, 3.05) is 0 Å². The molecule has 0 spiro atoms.